The van der Waals surface area contributed by atoms with Gasteiger partial charge >= 0.3 is 0 Å². The second-order valence-corrected chi connectivity index (χ2v) is 4.79. The van der Waals surface area contributed by atoms with E-state index in [1.807, 2.05) is 11.3 Å². The van der Waals surface area contributed by atoms with Gasteiger partial charge in [0.15, 0.2) is 0 Å². The van der Waals surface area contributed by atoms with Gasteiger partial charge in [-0.15, -0.1) is 11.3 Å². The number of morpholine rings is 1. The quantitative estimate of drug-likeness (QED) is 0.731. The highest BCUT2D eigenvalue weighted by molar-refractivity contribution is 7.09. The van der Waals surface area contributed by atoms with Crippen LogP contribution >= 0.6 is 11.3 Å². The molecular formula is C11H18N2OS. The summed E-state index contributed by atoms with van der Waals surface area (Å²) in [5.41, 5.74) is 0. The number of nitrogens with one attached hydrogen (secondary N) is 2. The van der Waals surface area contributed by atoms with Gasteiger partial charge in [-0.25, -0.2) is 0 Å². The molecule has 2 N–H and O–H groups in total. The average Bonchev–Trinajstić information content (AvgIpc) is 2.79. The summed E-state index contributed by atoms with van der Waals surface area (Å²) in [6.07, 6.45) is 1.13. The molecule has 3 nitrogen and oxygen atoms in total. The van der Waals surface area contributed by atoms with E-state index in [2.05, 4.69) is 28.1 Å². The average molecular weight is 226 g/mol. The zero-order chi connectivity index (χ0) is 10.3. The van der Waals surface area contributed by atoms with Gasteiger partial charge in [-0.3, -0.25) is 0 Å². The summed E-state index contributed by atoms with van der Waals surface area (Å²) in [6.45, 7) is 4.74. The molecule has 0 spiro atoms. The van der Waals surface area contributed by atoms with Crippen molar-refractivity contribution in [3.63, 3.8) is 0 Å². The molecule has 0 bridgehead atoms. The van der Waals surface area contributed by atoms with Crippen LogP contribution in [0.25, 0.3) is 0 Å². The maximum absolute atomic E-state index is 5.38. The molecule has 1 aliphatic heterocycles. The maximum Gasteiger partial charge on any atom is 0.0632 e. The summed E-state index contributed by atoms with van der Waals surface area (Å²) < 4.78 is 5.38. The zero-order valence-corrected chi connectivity index (χ0v) is 9.69. The molecule has 2 rings (SSSR count). The second-order valence-electron chi connectivity index (χ2n) is 3.76. The van der Waals surface area contributed by atoms with Crippen LogP contribution in [0, 0.1) is 0 Å². The van der Waals surface area contributed by atoms with Crippen LogP contribution in [0.2, 0.25) is 0 Å². The molecule has 15 heavy (non-hydrogen) atoms. The molecule has 84 valence electrons. The van der Waals surface area contributed by atoms with E-state index < -0.39 is 0 Å². The Kier molecular flexibility index (Phi) is 4.60. The highest BCUT2D eigenvalue weighted by Gasteiger charge is 2.11. The minimum absolute atomic E-state index is 0.488. The van der Waals surface area contributed by atoms with Crippen molar-refractivity contribution in [3.05, 3.63) is 22.4 Å². The van der Waals surface area contributed by atoms with Crippen LogP contribution in [0.15, 0.2) is 17.5 Å². The van der Waals surface area contributed by atoms with E-state index in [1.54, 1.807) is 0 Å². The van der Waals surface area contributed by atoms with E-state index in [9.17, 15) is 0 Å². The molecule has 0 amide bonds. The van der Waals surface area contributed by atoms with E-state index in [1.165, 1.54) is 4.88 Å². The van der Waals surface area contributed by atoms with Gasteiger partial charge in [0.05, 0.1) is 13.2 Å². The lowest BCUT2D eigenvalue weighted by molar-refractivity contribution is 0.0768. The molecule has 0 aliphatic carbocycles. The summed E-state index contributed by atoms with van der Waals surface area (Å²) in [4.78, 5) is 1.45. The predicted octanol–water partition coefficient (Wildman–Crippen LogP) is 0.869. The number of ether oxygens (including phenoxy) is 1. The monoisotopic (exact) mass is 226 g/mol. The number of rotatable bonds is 5. The van der Waals surface area contributed by atoms with Crippen molar-refractivity contribution in [1.29, 1.82) is 0 Å². The molecule has 1 unspecified atom stereocenters. The number of hydrogen-bond acceptors (Lipinski definition) is 4. The third kappa shape index (κ3) is 3.91. The molecule has 1 aliphatic rings. The lowest BCUT2D eigenvalue weighted by Crippen LogP contribution is -2.47. The van der Waals surface area contributed by atoms with Gasteiger partial charge in [-0.1, -0.05) is 6.07 Å². The molecule has 0 aromatic carbocycles. The molecule has 1 aromatic rings. The Morgan fingerprint density at radius 3 is 3.33 bits per heavy atom. The molecule has 0 saturated carbocycles. The summed E-state index contributed by atoms with van der Waals surface area (Å²) in [5, 5.41) is 9.02. The Hall–Kier alpha value is -0.420. The summed E-state index contributed by atoms with van der Waals surface area (Å²) >= 11 is 1.83. The highest BCUT2D eigenvalue weighted by atomic mass is 32.1. The zero-order valence-electron chi connectivity index (χ0n) is 8.87. The minimum Gasteiger partial charge on any atom is -0.378 e. The van der Waals surface area contributed by atoms with Crippen LogP contribution in [0.3, 0.4) is 0 Å². The summed E-state index contributed by atoms with van der Waals surface area (Å²) in [6, 6.07) is 4.78. The maximum atomic E-state index is 5.38. The topological polar surface area (TPSA) is 33.3 Å². The van der Waals surface area contributed by atoms with Crippen LogP contribution in [-0.4, -0.2) is 38.9 Å². The molecular weight excluding hydrogens is 208 g/mol. The molecule has 1 aromatic heterocycles. The Labute approximate surface area is 94.8 Å². The Morgan fingerprint density at radius 2 is 2.60 bits per heavy atom. The fourth-order valence-electron chi connectivity index (χ4n) is 1.69. The largest absolute Gasteiger partial charge is 0.378 e. The van der Waals surface area contributed by atoms with Crippen molar-refractivity contribution in [2.24, 2.45) is 0 Å². The van der Waals surface area contributed by atoms with E-state index in [0.717, 1.165) is 39.3 Å². The first-order valence-electron chi connectivity index (χ1n) is 5.49. The van der Waals surface area contributed by atoms with Gasteiger partial charge in [-0.2, -0.15) is 0 Å². The van der Waals surface area contributed by atoms with Crippen molar-refractivity contribution in [2.45, 2.75) is 12.5 Å². The molecule has 1 atom stereocenters. The van der Waals surface area contributed by atoms with Gasteiger partial charge in [0.1, 0.15) is 0 Å². The van der Waals surface area contributed by atoms with E-state index in [0.29, 0.717) is 6.04 Å². The lowest BCUT2D eigenvalue weighted by atomic mass is 10.2. The first-order chi connectivity index (χ1) is 7.45. The summed E-state index contributed by atoms with van der Waals surface area (Å²) in [5.74, 6) is 0. The number of hydrogen-bond donors (Lipinski definition) is 2. The van der Waals surface area contributed by atoms with Crippen LogP contribution in [0.4, 0.5) is 0 Å². The van der Waals surface area contributed by atoms with Crippen LogP contribution in [0.1, 0.15) is 4.88 Å². The standard InChI is InChI=1S/C11H18N2OS/c1-2-11(15-7-1)3-4-12-8-10-9-14-6-5-13-10/h1-2,7,10,12-13H,3-6,8-9H2. The van der Waals surface area contributed by atoms with Gasteiger partial charge in [0, 0.05) is 30.6 Å². The normalized spacial score (nSPS) is 21.7. The molecule has 1 fully saturated rings. The Morgan fingerprint density at radius 1 is 1.60 bits per heavy atom. The first kappa shape index (κ1) is 11.1. The third-order valence-corrected chi connectivity index (χ3v) is 3.45. The minimum atomic E-state index is 0.488. The molecule has 0 radical (unpaired) electrons. The second kappa shape index (κ2) is 6.23. The first-order valence-corrected chi connectivity index (χ1v) is 6.37. The van der Waals surface area contributed by atoms with Crippen molar-refractivity contribution in [2.75, 3.05) is 32.8 Å². The Balaban J connectivity index is 1.54. The molecule has 1 saturated heterocycles. The van der Waals surface area contributed by atoms with Gasteiger partial charge in [0.25, 0.3) is 0 Å². The van der Waals surface area contributed by atoms with Gasteiger partial charge in [0.2, 0.25) is 0 Å². The Bertz CT molecular complexity index is 258. The van der Waals surface area contributed by atoms with Crippen molar-refractivity contribution in [3.8, 4) is 0 Å². The lowest BCUT2D eigenvalue weighted by Gasteiger charge is -2.23. The fourth-order valence-corrected chi connectivity index (χ4v) is 2.40. The fraction of sp³-hybridized carbons (Fsp3) is 0.636. The highest BCUT2D eigenvalue weighted by Crippen LogP contribution is 2.07. The smallest absolute Gasteiger partial charge is 0.0632 e. The van der Waals surface area contributed by atoms with Crippen LogP contribution in [0.5, 0.6) is 0 Å². The van der Waals surface area contributed by atoms with Crippen molar-refractivity contribution in [1.82, 2.24) is 10.6 Å². The summed E-state index contributed by atoms with van der Waals surface area (Å²) in [7, 11) is 0. The predicted molar refractivity (Wildman–Crippen MR) is 63.5 cm³/mol. The third-order valence-electron chi connectivity index (χ3n) is 2.52. The SMILES string of the molecule is c1csc(CCNCC2COCCN2)c1. The van der Waals surface area contributed by atoms with Crippen molar-refractivity contribution >= 4 is 11.3 Å². The van der Waals surface area contributed by atoms with E-state index in [4.69, 9.17) is 4.74 Å². The van der Waals surface area contributed by atoms with E-state index >= 15 is 0 Å². The van der Waals surface area contributed by atoms with E-state index in [-0.39, 0.29) is 0 Å². The molecule has 4 heteroatoms. The van der Waals surface area contributed by atoms with Gasteiger partial charge in [-0.05, 0) is 17.9 Å². The van der Waals surface area contributed by atoms with Crippen molar-refractivity contribution < 1.29 is 4.74 Å². The molecule has 2 heterocycles. The van der Waals surface area contributed by atoms with Crippen LogP contribution in [-0.2, 0) is 11.2 Å². The number of thiophene rings is 1. The van der Waals surface area contributed by atoms with Crippen LogP contribution < -0.4 is 10.6 Å². The van der Waals surface area contributed by atoms with Gasteiger partial charge < -0.3 is 15.4 Å².